The molecule has 0 saturated carbocycles. The number of carbonyl (C=O) groups excluding carboxylic acids is 2. The Labute approximate surface area is 167 Å². The van der Waals surface area contributed by atoms with Crippen molar-refractivity contribution >= 4 is 35.6 Å². The summed E-state index contributed by atoms with van der Waals surface area (Å²) >= 11 is 0. The first-order valence-corrected chi connectivity index (χ1v) is 8.24. The summed E-state index contributed by atoms with van der Waals surface area (Å²) in [5.74, 6) is -0.775. The molecule has 2 amide bonds. The van der Waals surface area contributed by atoms with Crippen LogP contribution in [0.1, 0.15) is 27.9 Å². The van der Waals surface area contributed by atoms with Crippen molar-refractivity contribution in [1.29, 1.82) is 0 Å². The minimum Gasteiger partial charge on any atom is -0.326 e. The monoisotopic (exact) mass is 415 g/mol. The van der Waals surface area contributed by atoms with Crippen molar-refractivity contribution in [2.24, 2.45) is 0 Å². The molecule has 0 aromatic heterocycles. The van der Waals surface area contributed by atoms with Crippen LogP contribution in [-0.4, -0.2) is 25.4 Å². The average Bonchev–Trinajstić information content (AvgIpc) is 2.61. The topological polar surface area (TPSA) is 70.2 Å². The van der Waals surface area contributed by atoms with Gasteiger partial charge in [-0.05, 0) is 49.9 Å². The van der Waals surface area contributed by atoms with Crippen LogP contribution in [0.15, 0.2) is 42.5 Å². The molecule has 28 heavy (non-hydrogen) atoms. The quantitative estimate of drug-likeness (QED) is 0.661. The zero-order valence-corrected chi connectivity index (χ0v) is 16.1. The van der Waals surface area contributed by atoms with E-state index in [0.29, 0.717) is 12.2 Å². The fourth-order valence-electron chi connectivity index (χ4n) is 2.33. The van der Waals surface area contributed by atoms with E-state index >= 15 is 0 Å². The minimum absolute atomic E-state index is 0. The lowest BCUT2D eigenvalue weighted by atomic mass is 10.1. The molecule has 0 atom stereocenters. The standard InChI is InChI=1S/C19H20F3N3O2.ClH/c1-12-6-7-13(10-16(12)25-17(26)8-9-23-2)18(27)24-15-5-3-4-14(11-15)19(20,21)22;/h3-7,10-11,23H,8-9H2,1-2H3,(H,24,27)(H,25,26);1H. The maximum Gasteiger partial charge on any atom is 0.416 e. The second-order valence-electron chi connectivity index (χ2n) is 5.96. The number of nitrogens with one attached hydrogen (secondary N) is 3. The Hall–Kier alpha value is -2.58. The number of alkyl halides is 3. The van der Waals surface area contributed by atoms with Crippen molar-refractivity contribution in [3.8, 4) is 0 Å². The van der Waals surface area contributed by atoms with E-state index in [0.717, 1.165) is 17.7 Å². The third-order valence-corrected chi connectivity index (χ3v) is 3.82. The second-order valence-corrected chi connectivity index (χ2v) is 5.96. The summed E-state index contributed by atoms with van der Waals surface area (Å²) in [6.07, 6.45) is -4.22. The van der Waals surface area contributed by atoms with E-state index in [1.54, 1.807) is 26.1 Å². The molecular weight excluding hydrogens is 395 g/mol. The van der Waals surface area contributed by atoms with E-state index in [-0.39, 0.29) is 36.0 Å². The van der Waals surface area contributed by atoms with Crippen LogP contribution in [0.25, 0.3) is 0 Å². The van der Waals surface area contributed by atoms with Crippen molar-refractivity contribution in [1.82, 2.24) is 5.32 Å². The predicted molar refractivity (Wildman–Crippen MR) is 105 cm³/mol. The molecule has 152 valence electrons. The minimum atomic E-state index is -4.49. The van der Waals surface area contributed by atoms with Gasteiger partial charge in [-0.1, -0.05) is 12.1 Å². The van der Waals surface area contributed by atoms with Gasteiger partial charge in [-0.25, -0.2) is 0 Å². The third kappa shape index (κ3) is 6.54. The summed E-state index contributed by atoms with van der Waals surface area (Å²) in [6, 6.07) is 9.10. The van der Waals surface area contributed by atoms with Crippen LogP contribution in [-0.2, 0) is 11.0 Å². The van der Waals surface area contributed by atoms with Gasteiger partial charge >= 0.3 is 6.18 Å². The van der Waals surface area contributed by atoms with Gasteiger partial charge in [0.15, 0.2) is 0 Å². The van der Waals surface area contributed by atoms with Crippen LogP contribution in [0.4, 0.5) is 24.5 Å². The second kappa shape index (κ2) is 10.1. The van der Waals surface area contributed by atoms with Gasteiger partial charge in [0.25, 0.3) is 5.91 Å². The third-order valence-electron chi connectivity index (χ3n) is 3.82. The zero-order chi connectivity index (χ0) is 20.0. The molecule has 2 aromatic carbocycles. The first-order valence-electron chi connectivity index (χ1n) is 8.24. The van der Waals surface area contributed by atoms with Gasteiger partial charge in [0.1, 0.15) is 0 Å². The van der Waals surface area contributed by atoms with E-state index < -0.39 is 17.6 Å². The molecule has 0 fully saturated rings. The number of aryl methyl sites for hydroxylation is 1. The zero-order valence-electron chi connectivity index (χ0n) is 15.3. The summed E-state index contributed by atoms with van der Waals surface area (Å²) in [5.41, 5.74) is 0.662. The van der Waals surface area contributed by atoms with Crippen LogP contribution in [0, 0.1) is 6.92 Å². The first-order chi connectivity index (χ1) is 12.7. The number of anilines is 2. The number of rotatable bonds is 6. The molecular formula is C19H21ClF3N3O2. The number of hydrogen-bond donors (Lipinski definition) is 3. The fourth-order valence-corrected chi connectivity index (χ4v) is 2.33. The van der Waals surface area contributed by atoms with Crippen molar-refractivity contribution < 1.29 is 22.8 Å². The average molecular weight is 416 g/mol. The molecule has 0 spiro atoms. The Morgan fingerprint density at radius 2 is 1.75 bits per heavy atom. The number of carbonyl (C=O) groups is 2. The van der Waals surface area contributed by atoms with Crippen molar-refractivity contribution in [3.05, 3.63) is 59.2 Å². The number of hydrogen-bond acceptors (Lipinski definition) is 3. The fraction of sp³-hybridized carbons (Fsp3) is 0.263. The molecule has 2 aromatic rings. The highest BCUT2D eigenvalue weighted by atomic mass is 35.5. The van der Waals surface area contributed by atoms with Crippen molar-refractivity contribution in [2.75, 3.05) is 24.2 Å². The largest absolute Gasteiger partial charge is 0.416 e. The smallest absolute Gasteiger partial charge is 0.326 e. The van der Waals surface area contributed by atoms with Gasteiger partial charge in [-0.15, -0.1) is 12.4 Å². The molecule has 0 aliphatic heterocycles. The Kier molecular flexibility index (Phi) is 8.46. The van der Waals surface area contributed by atoms with Crippen LogP contribution >= 0.6 is 12.4 Å². The molecule has 2 rings (SSSR count). The molecule has 0 aliphatic rings. The van der Waals surface area contributed by atoms with E-state index in [2.05, 4.69) is 16.0 Å². The van der Waals surface area contributed by atoms with Crippen molar-refractivity contribution in [2.45, 2.75) is 19.5 Å². The van der Waals surface area contributed by atoms with Gasteiger partial charge in [-0.2, -0.15) is 13.2 Å². The molecule has 5 nitrogen and oxygen atoms in total. The molecule has 0 bridgehead atoms. The predicted octanol–water partition coefficient (Wildman–Crippen LogP) is 4.24. The highest BCUT2D eigenvalue weighted by Gasteiger charge is 2.30. The molecule has 0 saturated heterocycles. The molecule has 0 heterocycles. The van der Waals surface area contributed by atoms with Gasteiger partial charge in [0, 0.05) is 29.9 Å². The first kappa shape index (κ1) is 23.5. The molecule has 0 aliphatic carbocycles. The number of benzene rings is 2. The Bertz CT molecular complexity index is 841. The maximum atomic E-state index is 12.8. The molecule has 9 heteroatoms. The summed E-state index contributed by atoms with van der Waals surface area (Å²) in [5, 5.41) is 8.03. The van der Waals surface area contributed by atoms with Gasteiger partial charge in [0.2, 0.25) is 5.91 Å². The van der Waals surface area contributed by atoms with Crippen LogP contribution in [0.3, 0.4) is 0 Å². The van der Waals surface area contributed by atoms with E-state index in [9.17, 15) is 22.8 Å². The van der Waals surface area contributed by atoms with Gasteiger partial charge < -0.3 is 16.0 Å². The summed E-state index contributed by atoms with van der Waals surface area (Å²) in [6.45, 7) is 2.29. The van der Waals surface area contributed by atoms with E-state index in [4.69, 9.17) is 0 Å². The van der Waals surface area contributed by atoms with Crippen molar-refractivity contribution in [3.63, 3.8) is 0 Å². The summed E-state index contributed by atoms with van der Waals surface area (Å²) < 4.78 is 38.3. The Morgan fingerprint density at radius 3 is 2.39 bits per heavy atom. The van der Waals surface area contributed by atoms with Gasteiger partial charge in [-0.3, -0.25) is 9.59 Å². The van der Waals surface area contributed by atoms with E-state index in [1.165, 1.54) is 18.2 Å². The Morgan fingerprint density at radius 1 is 1.04 bits per heavy atom. The van der Waals surface area contributed by atoms with Crippen LogP contribution < -0.4 is 16.0 Å². The number of amides is 2. The lowest BCUT2D eigenvalue weighted by molar-refractivity contribution is -0.137. The maximum absolute atomic E-state index is 12.8. The molecule has 0 radical (unpaired) electrons. The highest BCUT2D eigenvalue weighted by molar-refractivity contribution is 6.05. The lowest BCUT2D eigenvalue weighted by Gasteiger charge is -2.12. The number of halogens is 4. The SMILES string of the molecule is CNCCC(=O)Nc1cc(C(=O)Nc2cccc(C(F)(F)F)c2)ccc1C.Cl. The summed E-state index contributed by atoms with van der Waals surface area (Å²) in [7, 11) is 1.73. The van der Waals surface area contributed by atoms with E-state index in [1.807, 2.05) is 0 Å². The Balaban J connectivity index is 0.00000392. The van der Waals surface area contributed by atoms with Crippen LogP contribution in [0.5, 0.6) is 0 Å². The van der Waals surface area contributed by atoms with Crippen LogP contribution in [0.2, 0.25) is 0 Å². The van der Waals surface area contributed by atoms with Gasteiger partial charge in [0.05, 0.1) is 5.56 Å². The molecule has 3 N–H and O–H groups in total. The normalized spacial score (nSPS) is 10.8. The summed E-state index contributed by atoms with van der Waals surface area (Å²) in [4.78, 5) is 24.3. The molecule has 0 unspecified atom stereocenters. The lowest BCUT2D eigenvalue weighted by Crippen LogP contribution is -2.19. The highest BCUT2D eigenvalue weighted by Crippen LogP contribution is 2.30.